The lowest BCUT2D eigenvalue weighted by molar-refractivity contribution is -0.384. The molecule has 2 aromatic carbocycles. The van der Waals surface area contributed by atoms with Crippen molar-refractivity contribution in [2.24, 2.45) is 0 Å². The van der Waals surface area contributed by atoms with Crippen LogP contribution in [0.3, 0.4) is 0 Å². The van der Waals surface area contributed by atoms with Gasteiger partial charge in [0.2, 0.25) is 0 Å². The van der Waals surface area contributed by atoms with Crippen LogP contribution in [0.4, 0.5) is 11.4 Å². The van der Waals surface area contributed by atoms with E-state index in [2.05, 4.69) is 21.2 Å². The number of anilines is 1. The molecule has 1 amide bonds. The van der Waals surface area contributed by atoms with Crippen molar-refractivity contribution in [3.05, 3.63) is 73.0 Å². The minimum Gasteiger partial charge on any atom is -0.494 e. The lowest BCUT2D eigenvalue weighted by Crippen LogP contribution is -2.21. The first-order chi connectivity index (χ1) is 12.4. The number of hydrogen-bond donors (Lipinski definition) is 1. The van der Waals surface area contributed by atoms with Gasteiger partial charge in [-0.2, -0.15) is 0 Å². The monoisotopic (exact) mass is 418 g/mol. The molecule has 3 rings (SSSR count). The second kappa shape index (κ2) is 6.96. The Kier molecular flexibility index (Phi) is 4.72. The van der Waals surface area contributed by atoms with Crippen LogP contribution < -0.4 is 15.7 Å². The Balaban J connectivity index is 1.98. The predicted molar refractivity (Wildman–Crippen MR) is 97.8 cm³/mol. The van der Waals surface area contributed by atoms with Crippen molar-refractivity contribution in [2.45, 2.75) is 0 Å². The quantitative estimate of drug-likeness (QED) is 0.392. The Morgan fingerprint density at radius 2 is 2.00 bits per heavy atom. The van der Waals surface area contributed by atoms with Gasteiger partial charge in [0.25, 0.3) is 11.6 Å². The van der Waals surface area contributed by atoms with Crippen molar-refractivity contribution in [1.29, 1.82) is 0 Å². The van der Waals surface area contributed by atoms with E-state index in [0.717, 1.165) is 4.47 Å². The Bertz CT molecular complexity index is 1090. The van der Waals surface area contributed by atoms with Crippen LogP contribution >= 0.6 is 15.9 Å². The van der Waals surface area contributed by atoms with Gasteiger partial charge in [0.1, 0.15) is 16.9 Å². The van der Waals surface area contributed by atoms with Crippen LogP contribution in [0.2, 0.25) is 0 Å². The number of carbonyl (C=O) groups is 1. The number of halogens is 1. The summed E-state index contributed by atoms with van der Waals surface area (Å²) in [6.45, 7) is 0. The molecule has 0 bridgehead atoms. The Labute approximate surface area is 154 Å². The van der Waals surface area contributed by atoms with Gasteiger partial charge in [-0.1, -0.05) is 15.9 Å². The molecule has 0 fully saturated rings. The third-order valence-corrected chi connectivity index (χ3v) is 4.08. The zero-order valence-electron chi connectivity index (χ0n) is 13.3. The molecule has 0 saturated carbocycles. The van der Waals surface area contributed by atoms with Crippen molar-refractivity contribution in [1.82, 2.24) is 0 Å². The van der Waals surface area contributed by atoms with Crippen LogP contribution in [0, 0.1) is 10.1 Å². The number of benzene rings is 2. The van der Waals surface area contributed by atoms with Crippen molar-refractivity contribution in [2.75, 3.05) is 12.4 Å². The second-order valence-corrected chi connectivity index (χ2v) is 6.14. The van der Waals surface area contributed by atoms with Crippen molar-refractivity contribution >= 4 is 44.2 Å². The molecule has 0 aliphatic carbocycles. The molecule has 0 spiro atoms. The summed E-state index contributed by atoms with van der Waals surface area (Å²) in [5.74, 6) is -0.617. The zero-order chi connectivity index (χ0) is 18.8. The van der Waals surface area contributed by atoms with Gasteiger partial charge in [-0.25, -0.2) is 4.79 Å². The Morgan fingerprint density at radius 3 is 2.69 bits per heavy atom. The van der Waals surface area contributed by atoms with Crippen LogP contribution in [0.5, 0.6) is 5.75 Å². The second-order valence-electron chi connectivity index (χ2n) is 5.23. The number of nitrogens with one attached hydrogen (secondary N) is 1. The van der Waals surface area contributed by atoms with Crippen LogP contribution in [-0.2, 0) is 0 Å². The first-order valence-electron chi connectivity index (χ1n) is 7.26. The molecule has 132 valence electrons. The predicted octanol–water partition coefficient (Wildman–Crippen LogP) is 3.72. The average Bonchev–Trinajstić information content (AvgIpc) is 2.61. The number of nitrogens with zero attached hydrogens (tertiary/aromatic N) is 1. The van der Waals surface area contributed by atoms with E-state index in [4.69, 9.17) is 9.15 Å². The standard InChI is InChI=1S/C17H11BrN2O6/c1-25-15-8-11(20(23)24)3-4-13(15)19-16(21)12-7-9-6-10(18)2-5-14(9)26-17(12)22/h2-8H,1H3,(H,19,21). The molecular weight excluding hydrogens is 408 g/mol. The molecule has 0 aliphatic rings. The van der Waals surface area contributed by atoms with Crippen molar-refractivity contribution in [3.63, 3.8) is 0 Å². The normalized spacial score (nSPS) is 10.5. The van der Waals surface area contributed by atoms with Crippen molar-refractivity contribution in [3.8, 4) is 5.75 Å². The first-order valence-corrected chi connectivity index (χ1v) is 8.05. The van der Waals surface area contributed by atoms with Crippen LogP contribution in [-0.4, -0.2) is 17.9 Å². The molecule has 0 radical (unpaired) electrons. The summed E-state index contributed by atoms with van der Waals surface area (Å²) in [6.07, 6.45) is 0. The number of nitro benzene ring substituents is 1. The van der Waals surface area contributed by atoms with Gasteiger partial charge in [0, 0.05) is 15.9 Å². The maximum absolute atomic E-state index is 12.5. The molecule has 1 N–H and O–H groups in total. The molecule has 9 heteroatoms. The van der Waals surface area contributed by atoms with E-state index >= 15 is 0 Å². The highest BCUT2D eigenvalue weighted by molar-refractivity contribution is 9.10. The van der Waals surface area contributed by atoms with E-state index in [1.54, 1.807) is 18.2 Å². The molecular formula is C17H11BrN2O6. The molecule has 1 aromatic heterocycles. The highest BCUT2D eigenvalue weighted by Gasteiger charge is 2.18. The van der Waals surface area contributed by atoms with E-state index in [1.165, 1.54) is 31.4 Å². The highest BCUT2D eigenvalue weighted by atomic mass is 79.9. The lowest BCUT2D eigenvalue weighted by atomic mass is 10.1. The summed E-state index contributed by atoms with van der Waals surface area (Å²) in [4.78, 5) is 34.8. The fourth-order valence-corrected chi connectivity index (χ4v) is 2.72. The summed E-state index contributed by atoms with van der Waals surface area (Å²) in [5.41, 5.74) is -0.636. The number of rotatable bonds is 4. The van der Waals surface area contributed by atoms with E-state index in [0.29, 0.717) is 11.0 Å². The van der Waals surface area contributed by atoms with E-state index in [-0.39, 0.29) is 22.7 Å². The molecule has 0 atom stereocenters. The largest absolute Gasteiger partial charge is 0.494 e. The minimum absolute atomic E-state index is 0.0977. The van der Waals surface area contributed by atoms with Gasteiger partial charge >= 0.3 is 5.63 Å². The zero-order valence-corrected chi connectivity index (χ0v) is 14.9. The minimum atomic E-state index is -0.793. The van der Waals surface area contributed by atoms with E-state index in [1.807, 2.05) is 0 Å². The number of hydrogen-bond acceptors (Lipinski definition) is 6. The topological polar surface area (TPSA) is 112 Å². The third kappa shape index (κ3) is 3.42. The average molecular weight is 419 g/mol. The number of carbonyl (C=O) groups excluding carboxylic acids is 1. The van der Waals surface area contributed by atoms with Gasteiger partial charge in [-0.3, -0.25) is 14.9 Å². The number of methoxy groups -OCH3 is 1. The summed E-state index contributed by atoms with van der Waals surface area (Å²) >= 11 is 3.31. The summed E-state index contributed by atoms with van der Waals surface area (Å²) in [7, 11) is 1.32. The van der Waals surface area contributed by atoms with Gasteiger partial charge in [-0.05, 0) is 30.3 Å². The summed E-state index contributed by atoms with van der Waals surface area (Å²) in [6, 6.07) is 10.2. The smallest absolute Gasteiger partial charge is 0.349 e. The molecule has 0 aliphatic heterocycles. The molecule has 8 nitrogen and oxygen atoms in total. The van der Waals surface area contributed by atoms with E-state index in [9.17, 15) is 19.7 Å². The molecule has 0 saturated heterocycles. The highest BCUT2D eigenvalue weighted by Crippen LogP contribution is 2.29. The molecule has 3 aromatic rings. The lowest BCUT2D eigenvalue weighted by Gasteiger charge is -2.10. The van der Waals surface area contributed by atoms with Gasteiger partial charge in [-0.15, -0.1) is 0 Å². The number of amides is 1. The maximum atomic E-state index is 12.5. The van der Waals surface area contributed by atoms with Gasteiger partial charge < -0.3 is 14.5 Å². The van der Waals surface area contributed by atoms with Gasteiger partial charge in [0.15, 0.2) is 0 Å². The van der Waals surface area contributed by atoms with Crippen LogP contribution in [0.15, 0.2) is 56.1 Å². The maximum Gasteiger partial charge on any atom is 0.349 e. The fraction of sp³-hybridized carbons (Fsp3) is 0.0588. The number of non-ortho nitro benzene ring substituents is 1. The number of fused-ring (bicyclic) bond motifs is 1. The molecule has 26 heavy (non-hydrogen) atoms. The summed E-state index contributed by atoms with van der Waals surface area (Å²) < 4.78 is 11.0. The number of ether oxygens (including phenoxy) is 1. The van der Waals surface area contributed by atoms with Crippen LogP contribution in [0.25, 0.3) is 11.0 Å². The van der Waals surface area contributed by atoms with Crippen molar-refractivity contribution < 1.29 is 18.9 Å². The Morgan fingerprint density at radius 1 is 1.23 bits per heavy atom. The summed E-state index contributed by atoms with van der Waals surface area (Å²) in [5, 5.41) is 13.9. The molecule has 1 heterocycles. The SMILES string of the molecule is COc1cc([N+](=O)[O-])ccc1NC(=O)c1cc2cc(Br)ccc2oc1=O. The fourth-order valence-electron chi connectivity index (χ4n) is 2.34. The third-order valence-electron chi connectivity index (χ3n) is 3.58. The first kappa shape index (κ1) is 17.6. The number of nitro groups is 1. The van der Waals surface area contributed by atoms with E-state index < -0.39 is 16.5 Å². The Hall–Kier alpha value is -3.20. The van der Waals surface area contributed by atoms with Gasteiger partial charge in [0.05, 0.1) is 23.8 Å². The van der Waals surface area contributed by atoms with Crippen LogP contribution in [0.1, 0.15) is 10.4 Å². The molecule has 0 unspecified atom stereocenters.